The van der Waals surface area contributed by atoms with E-state index in [0.29, 0.717) is 12.6 Å². The van der Waals surface area contributed by atoms with Gasteiger partial charge in [0.1, 0.15) is 0 Å². The predicted octanol–water partition coefficient (Wildman–Crippen LogP) is 1.45. The number of piperazine rings is 1. The van der Waals surface area contributed by atoms with Crippen LogP contribution in [0.3, 0.4) is 0 Å². The van der Waals surface area contributed by atoms with Crippen molar-refractivity contribution >= 4 is 5.69 Å². The third-order valence-corrected chi connectivity index (χ3v) is 4.41. The first-order chi connectivity index (χ1) is 9.86. The van der Waals surface area contributed by atoms with Crippen LogP contribution >= 0.6 is 0 Å². The lowest BCUT2D eigenvalue weighted by molar-refractivity contribution is 0.0712. The highest BCUT2D eigenvalue weighted by atomic mass is 16.5. The highest BCUT2D eigenvalue weighted by Gasteiger charge is 2.23. The first kappa shape index (κ1) is 13.9. The van der Waals surface area contributed by atoms with Crippen LogP contribution in [-0.4, -0.2) is 50.3 Å². The zero-order valence-electron chi connectivity index (χ0n) is 12.1. The molecule has 3 rings (SSSR count). The number of nitrogens with zero attached hydrogens (tertiary/aromatic N) is 2. The van der Waals surface area contributed by atoms with Crippen LogP contribution in [0.15, 0.2) is 24.3 Å². The van der Waals surface area contributed by atoms with E-state index in [-0.39, 0.29) is 0 Å². The van der Waals surface area contributed by atoms with E-state index in [1.165, 1.54) is 24.1 Å². The van der Waals surface area contributed by atoms with Crippen molar-refractivity contribution in [3.05, 3.63) is 29.8 Å². The Hall–Kier alpha value is -1.10. The first-order valence-electron chi connectivity index (χ1n) is 7.73. The average molecular weight is 275 g/mol. The fourth-order valence-corrected chi connectivity index (χ4v) is 3.24. The molecule has 0 radical (unpaired) electrons. The number of anilines is 1. The number of hydrogen-bond acceptors (Lipinski definition) is 4. The lowest BCUT2D eigenvalue weighted by Crippen LogP contribution is -2.48. The van der Waals surface area contributed by atoms with Crippen molar-refractivity contribution in [1.82, 2.24) is 4.90 Å². The second-order valence-electron chi connectivity index (χ2n) is 5.76. The Labute approximate surface area is 121 Å². The molecule has 1 atom stereocenters. The standard InChI is InChI=1S/C16H25N3O/c17-12-14-4-1-2-6-16(14)19-9-7-18(8-10-19)13-15-5-3-11-20-15/h1-2,4,6,15H,3,5,7-13,17H2. The van der Waals surface area contributed by atoms with Crippen molar-refractivity contribution in [3.8, 4) is 0 Å². The molecule has 0 bridgehead atoms. The van der Waals surface area contributed by atoms with Gasteiger partial charge in [0.15, 0.2) is 0 Å². The van der Waals surface area contributed by atoms with Gasteiger partial charge in [0.2, 0.25) is 0 Å². The molecule has 2 N–H and O–H groups in total. The highest BCUT2D eigenvalue weighted by Crippen LogP contribution is 2.22. The zero-order chi connectivity index (χ0) is 13.8. The second-order valence-corrected chi connectivity index (χ2v) is 5.76. The number of ether oxygens (including phenoxy) is 1. The summed E-state index contributed by atoms with van der Waals surface area (Å²) in [7, 11) is 0. The Morgan fingerprint density at radius 1 is 1.15 bits per heavy atom. The summed E-state index contributed by atoms with van der Waals surface area (Å²) in [6, 6.07) is 8.50. The molecule has 0 aromatic heterocycles. The molecular weight excluding hydrogens is 250 g/mol. The molecule has 4 heteroatoms. The number of rotatable bonds is 4. The van der Waals surface area contributed by atoms with E-state index < -0.39 is 0 Å². The number of nitrogens with two attached hydrogens (primary N) is 1. The minimum atomic E-state index is 0.470. The number of para-hydroxylation sites is 1. The molecule has 2 aliphatic heterocycles. The molecule has 1 unspecified atom stereocenters. The van der Waals surface area contributed by atoms with Crippen molar-refractivity contribution in [2.45, 2.75) is 25.5 Å². The highest BCUT2D eigenvalue weighted by molar-refractivity contribution is 5.53. The van der Waals surface area contributed by atoms with Crippen LogP contribution in [0.1, 0.15) is 18.4 Å². The van der Waals surface area contributed by atoms with E-state index in [9.17, 15) is 0 Å². The summed E-state index contributed by atoms with van der Waals surface area (Å²) in [5.41, 5.74) is 8.40. The normalized spacial score (nSPS) is 24.2. The van der Waals surface area contributed by atoms with Gasteiger partial charge in [-0.2, -0.15) is 0 Å². The molecule has 0 saturated carbocycles. The zero-order valence-corrected chi connectivity index (χ0v) is 12.1. The van der Waals surface area contributed by atoms with E-state index in [2.05, 4.69) is 34.1 Å². The molecule has 20 heavy (non-hydrogen) atoms. The summed E-state index contributed by atoms with van der Waals surface area (Å²) in [5, 5.41) is 0. The van der Waals surface area contributed by atoms with Crippen LogP contribution < -0.4 is 10.6 Å². The topological polar surface area (TPSA) is 41.7 Å². The van der Waals surface area contributed by atoms with Crippen LogP contribution in [0.4, 0.5) is 5.69 Å². The largest absolute Gasteiger partial charge is 0.377 e. The quantitative estimate of drug-likeness (QED) is 0.903. The Bertz CT molecular complexity index is 423. The average Bonchev–Trinajstić information content (AvgIpc) is 3.01. The monoisotopic (exact) mass is 275 g/mol. The summed E-state index contributed by atoms with van der Waals surface area (Å²) < 4.78 is 5.73. The minimum Gasteiger partial charge on any atom is -0.377 e. The van der Waals surface area contributed by atoms with E-state index in [1.54, 1.807) is 0 Å². The van der Waals surface area contributed by atoms with Crippen molar-refractivity contribution < 1.29 is 4.74 Å². The van der Waals surface area contributed by atoms with Gasteiger partial charge < -0.3 is 15.4 Å². The summed E-state index contributed by atoms with van der Waals surface area (Å²) in [4.78, 5) is 5.01. The molecule has 4 nitrogen and oxygen atoms in total. The molecule has 2 fully saturated rings. The van der Waals surface area contributed by atoms with Crippen LogP contribution in [-0.2, 0) is 11.3 Å². The Balaban J connectivity index is 1.55. The van der Waals surface area contributed by atoms with Gasteiger partial charge >= 0.3 is 0 Å². The van der Waals surface area contributed by atoms with Gasteiger partial charge in [0, 0.05) is 51.6 Å². The molecule has 2 saturated heterocycles. The van der Waals surface area contributed by atoms with E-state index in [0.717, 1.165) is 39.3 Å². The molecular formula is C16H25N3O. The SMILES string of the molecule is NCc1ccccc1N1CCN(CC2CCCO2)CC1. The molecule has 0 spiro atoms. The Morgan fingerprint density at radius 3 is 2.65 bits per heavy atom. The second kappa shape index (κ2) is 6.57. The lowest BCUT2D eigenvalue weighted by atomic mass is 10.1. The molecule has 110 valence electrons. The maximum absolute atomic E-state index is 5.84. The fourth-order valence-electron chi connectivity index (χ4n) is 3.24. The van der Waals surface area contributed by atoms with Crippen molar-refractivity contribution in [2.75, 3.05) is 44.2 Å². The van der Waals surface area contributed by atoms with Gasteiger partial charge in [-0.1, -0.05) is 18.2 Å². The Morgan fingerprint density at radius 2 is 1.95 bits per heavy atom. The maximum atomic E-state index is 5.84. The van der Waals surface area contributed by atoms with Gasteiger partial charge in [0.05, 0.1) is 6.10 Å². The van der Waals surface area contributed by atoms with Crippen LogP contribution in [0.5, 0.6) is 0 Å². The lowest BCUT2D eigenvalue weighted by Gasteiger charge is -2.37. The third-order valence-electron chi connectivity index (χ3n) is 4.41. The number of hydrogen-bond donors (Lipinski definition) is 1. The van der Waals surface area contributed by atoms with Gasteiger partial charge in [-0.15, -0.1) is 0 Å². The van der Waals surface area contributed by atoms with Gasteiger partial charge in [0.25, 0.3) is 0 Å². The summed E-state index contributed by atoms with van der Waals surface area (Å²) in [6.07, 6.45) is 2.93. The van der Waals surface area contributed by atoms with Crippen molar-refractivity contribution in [3.63, 3.8) is 0 Å². The minimum absolute atomic E-state index is 0.470. The fraction of sp³-hybridized carbons (Fsp3) is 0.625. The smallest absolute Gasteiger partial charge is 0.0702 e. The predicted molar refractivity (Wildman–Crippen MR) is 82.0 cm³/mol. The van der Waals surface area contributed by atoms with Gasteiger partial charge in [-0.3, -0.25) is 4.90 Å². The van der Waals surface area contributed by atoms with Gasteiger partial charge in [-0.05, 0) is 24.5 Å². The van der Waals surface area contributed by atoms with Gasteiger partial charge in [-0.25, -0.2) is 0 Å². The Kier molecular flexibility index (Phi) is 4.55. The van der Waals surface area contributed by atoms with Crippen molar-refractivity contribution in [1.29, 1.82) is 0 Å². The molecule has 0 amide bonds. The summed E-state index contributed by atoms with van der Waals surface area (Å²) in [6.45, 7) is 7.10. The van der Waals surface area contributed by atoms with Crippen molar-refractivity contribution in [2.24, 2.45) is 5.73 Å². The van der Waals surface area contributed by atoms with E-state index >= 15 is 0 Å². The summed E-state index contributed by atoms with van der Waals surface area (Å²) >= 11 is 0. The van der Waals surface area contributed by atoms with Crippen LogP contribution in [0.25, 0.3) is 0 Å². The molecule has 2 aliphatic rings. The van der Waals surface area contributed by atoms with Crippen LogP contribution in [0, 0.1) is 0 Å². The third kappa shape index (κ3) is 3.14. The first-order valence-corrected chi connectivity index (χ1v) is 7.73. The van der Waals surface area contributed by atoms with Crippen LogP contribution in [0.2, 0.25) is 0 Å². The molecule has 1 aromatic carbocycles. The summed E-state index contributed by atoms with van der Waals surface area (Å²) in [5.74, 6) is 0. The van der Waals surface area contributed by atoms with E-state index in [1.807, 2.05) is 0 Å². The van der Waals surface area contributed by atoms with E-state index in [4.69, 9.17) is 10.5 Å². The number of benzene rings is 1. The molecule has 0 aliphatic carbocycles. The molecule has 2 heterocycles. The molecule has 1 aromatic rings. The maximum Gasteiger partial charge on any atom is 0.0702 e.